The molecule has 0 fully saturated rings. The topological polar surface area (TPSA) is 123 Å². The van der Waals surface area contributed by atoms with Crippen molar-refractivity contribution in [2.45, 2.75) is 11.2 Å². The van der Waals surface area contributed by atoms with E-state index in [1.807, 2.05) is 5.32 Å². The van der Waals surface area contributed by atoms with E-state index in [1.165, 1.54) is 19.2 Å². The maximum atomic E-state index is 12.4. The van der Waals surface area contributed by atoms with Gasteiger partial charge in [-0.05, 0) is 6.07 Å². The first-order valence-electron chi connectivity index (χ1n) is 6.24. The van der Waals surface area contributed by atoms with Crippen LogP contribution >= 0.6 is 11.3 Å². The fourth-order valence-electron chi connectivity index (χ4n) is 1.55. The van der Waals surface area contributed by atoms with E-state index in [2.05, 4.69) is 20.5 Å². The Hall–Kier alpha value is -2.48. The van der Waals surface area contributed by atoms with Gasteiger partial charge in [0.2, 0.25) is 16.0 Å². The number of sulfone groups is 1. The van der Waals surface area contributed by atoms with Gasteiger partial charge in [-0.25, -0.2) is 13.2 Å². The summed E-state index contributed by atoms with van der Waals surface area (Å²) in [7, 11) is -2.53. The zero-order chi connectivity index (χ0) is 18.8. The van der Waals surface area contributed by atoms with Gasteiger partial charge in [-0.3, -0.25) is 5.32 Å². The van der Waals surface area contributed by atoms with Gasteiger partial charge in [-0.1, -0.05) is 11.3 Å². The van der Waals surface area contributed by atoms with Gasteiger partial charge < -0.3 is 10.1 Å². The Bertz CT molecular complexity index is 897. The number of anilines is 2. The molecule has 2 heterocycles. The van der Waals surface area contributed by atoms with E-state index in [1.54, 1.807) is 0 Å². The highest BCUT2D eigenvalue weighted by Crippen LogP contribution is 2.33. The van der Waals surface area contributed by atoms with Crippen LogP contribution in [0.4, 0.5) is 28.8 Å². The number of carbonyl (C=O) groups is 1. The van der Waals surface area contributed by atoms with Gasteiger partial charge in [0.25, 0.3) is 0 Å². The lowest BCUT2D eigenvalue weighted by atomic mass is 10.4. The van der Waals surface area contributed by atoms with E-state index in [9.17, 15) is 26.4 Å². The number of methoxy groups -OCH3 is 1. The van der Waals surface area contributed by atoms with Crippen LogP contribution in [-0.4, -0.2) is 43.0 Å². The van der Waals surface area contributed by atoms with E-state index < -0.39 is 37.2 Å². The van der Waals surface area contributed by atoms with Crippen molar-refractivity contribution >= 4 is 38.0 Å². The van der Waals surface area contributed by atoms with Gasteiger partial charge in [-0.15, -0.1) is 10.2 Å². The molecule has 0 bridgehead atoms. The molecule has 0 saturated heterocycles. The lowest BCUT2D eigenvalue weighted by Gasteiger charge is -2.10. The second-order valence-corrected chi connectivity index (χ2v) is 7.38. The quantitative estimate of drug-likeness (QED) is 0.809. The van der Waals surface area contributed by atoms with Crippen molar-refractivity contribution in [1.29, 1.82) is 0 Å². The number of carbonyl (C=O) groups excluding carboxylic acids is 1. The van der Waals surface area contributed by atoms with Crippen LogP contribution in [0.15, 0.2) is 17.2 Å². The maximum Gasteiger partial charge on any atom is 0.445 e. The molecule has 0 unspecified atom stereocenters. The predicted molar refractivity (Wildman–Crippen MR) is 81.5 cm³/mol. The molecule has 0 atom stereocenters. The van der Waals surface area contributed by atoms with Gasteiger partial charge in [0.15, 0.2) is 14.9 Å². The number of urea groups is 1. The summed E-state index contributed by atoms with van der Waals surface area (Å²) in [5.74, 6) is 0.00493. The summed E-state index contributed by atoms with van der Waals surface area (Å²) in [5, 5.41) is 8.19. The minimum Gasteiger partial charge on any atom is -0.481 e. The number of ether oxygens (including phenoxy) is 1. The molecular weight excluding hydrogens is 387 g/mol. The molecule has 25 heavy (non-hydrogen) atoms. The third-order valence-corrected chi connectivity index (χ3v) is 4.43. The zero-order valence-corrected chi connectivity index (χ0v) is 14.2. The molecule has 136 valence electrons. The third kappa shape index (κ3) is 4.76. The lowest BCUT2D eigenvalue weighted by Crippen LogP contribution is -2.21. The largest absolute Gasteiger partial charge is 0.481 e. The fraction of sp³-hybridized carbons (Fsp3) is 0.273. The molecule has 0 aliphatic rings. The van der Waals surface area contributed by atoms with Crippen molar-refractivity contribution in [2.75, 3.05) is 24.0 Å². The Morgan fingerprint density at radius 3 is 2.44 bits per heavy atom. The molecule has 0 radical (unpaired) electrons. The summed E-state index contributed by atoms with van der Waals surface area (Å²) in [6.07, 6.45) is -3.81. The second kappa shape index (κ2) is 6.79. The summed E-state index contributed by atoms with van der Waals surface area (Å²) < 4.78 is 65.6. The van der Waals surface area contributed by atoms with Crippen molar-refractivity contribution in [3.63, 3.8) is 0 Å². The monoisotopic (exact) mass is 397 g/mol. The number of hydrogen-bond donors (Lipinski definition) is 2. The van der Waals surface area contributed by atoms with Crippen molar-refractivity contribution in [1.82, 2.24) is 15.2 Å². The Morgan fingerprint density at radius 1 is 1.24 bits per heavy atom. The van der Waals surface area contributed by atoms with Crippen molar-refractivity contribution in [2.24, 2.45) is 0 Å². The minimum atomic E-state index is -4.68. The van der Waals surface area contributed by atoms with Gasteiger partial charge in [0, 0.05) is 12.3 Å². The van der Waals surface area contributed by atoms with Crippen LogP contribution in [0.3, 0.4) is 0 Å². The molecule has 14 heteroatoms. The molecule has 0 aliphatic heterocycles. The van der Waals surface area contributed by atoms with Crippen LogP contribution in [0.2, 0.25) is 0 Å². The Kier molecular flexibility index (Phi) is 5.12. The SMILES string of the molecule is COc1ccc(NC(=O)Nc2nnc(C(F)(F)F)s2)c(S(C)(=O)=O)n1. The standard InChI is InChI=1S/C11H10F3N5O4S2/c1-23-6-4-3-5(7(16-6)25(2,21)22)15-9(20)17-10-19-18-8(24-10)11(12,13)14/h3-4H,1-2H3,(H2,15,17,19,20). The van der Waals surface area contributed by atoms with Crippen LogP contribution in [0, 0.1) is 0 Å². The second-order valence-electron chi connectivity index (χ2n) is 4.47. The summed E-state index contributed by atoms with van der Waals surface area (Å²) in [6, 6.07) is 1.52. The van der Waals surface area contributed by atoms with E-state index in [0.29, 0.717) is 0 Å². The number of pyridine rings is 1. The first kappa shape index (κ1) is 18.9. The van der Waals surface area contributed by atoms with Crippen molar-refractivity contribution in [3.05, 3.63) is 17.1 Å². The van der Waals surface area contributed by atoms with E-state index in [0.717, 1.165) is 6.26 Å². The first-order valence-corrected chi connectivity index (χ1v) is 8.95. The number of hydrogen-bond acceptors (Lipinski definition) is 8. The maximum absolute atomic E-state index is 12.4. The number of aromatic nitrogens is 3. The number of amides is 2. The van der Waals surface area contributed by atoms with E-state index in [-0.39, 0.29) is 22.9 Å². The normalized spacial score (nSPS) is 11.9. The Balaban J connectivity index is 2.19. The predicted octanol–water partition coefficient (Wildman–Crippen LogP) is 2.01. The number of rotatable bonds is 4. The Labute approximate surface area is 143 Å². The smallest absolute Gasteiger partial charge is 0.445 e. The molecule has 2 amide bonds. The zero-order valence-electron chi connectivity index (χ0n) is 12.6. The Morgan fingerprint density at radius 2 is 1.92 bits per heavy atom. The highest BCUT2D eigenvalue weighted by Gasteiger charge is 2.35. The van der Waals surface area contributed by atoms with Crippen LogP contribution in [0.1, 0.15) is 5.01 Å². The highest BCUT2D eigenvalue weighted by atomic mass is 32.2. The van der Waals surface area contributed by atoms with Crippen molar-refractivity contribution < 1.29 is 31.1 Å². The number of halogens is 3. The van der Waals surface area contributed by atoms with Gasteiger partial charge in [0.1, 0.15) is 0 Å². The van der Waals surface area contributed by atoms with Crippen LogP contribution in [0.25, 0.3) is 0 Å². The average Bonchev–Trinajstić information content (AvgIpc) is 2.95. The summed E-state index contributed by atoms with van der Waals surface area (Å²) in [5.41, 5.74) is -0.179. The average molecular weight is 397 g/mol. The number of nitrogens with one attached hydrogen (secondary N) is 2. The van der Waals surface area contributed by atoms with E-state index >= 15 is 0 Å². The molecule has 0 spiro atoms. The summed E-state index contributed by atoms with van der Waals surface area (Å²) in [6.45, 7) is 0. The first-order chi connectivity index (χ1) is 11.5. The molecule has 2 aromatic heterocycles. The molecule has 0 aromatic carbocycles. The third-order valence-electron chi connectivity index (χ3n) is 2.53. The van der Waals surface area contributed by atoms with Gasteiger partial charge in [-0.2, -0.15) is 18.2 Å². The fourth-order valence-corrected chi connectivity index (χ4v) is 2.93. The molecule has 9 nitrogen and oxygen atoms in total. The minimum absolute atomic E-state index is 0.00493. The molecule has 2 aromatic rings. The van der Waals surface area contributed by atoms with Crippen molar-refractivity contribution in [3.8, 4) is 5.88 Å². The van der Waals surface area contributed by atoms with Gasteiger partial charge >= 0.3 is 12.2 Å². The van der Waals surface area contributed by atoms with E-state index in [4.69, 9.17) is 4.74 Å². The van der Waals surface area contributed by atoms with Gasteiger partial charge in [0.05, 0.1) is 12.8 Å². The number of nitrogens with zero attached hydrogens (tertiary/aromatic N) is 3. The van der Waals surface area contributed by atoms with Crippen LogP contribution in [0.5, 0.6) is 5.88 Å². The van der Waals surface area contributed by atoms with Crippen LogP contribution < -0.4 is 15.4 Å². The summed E-state index contributed by atoms with van der Waals surface area (Å²) in [4.78, 5) is 15.6. The summed E-state index contributed by atoms with van der Waals surface area (Å²) >= 11 is 0.121. The number of alkyl halides is 3. The lowest BCUT2D eigenvalue weighted by molar-refractivity contribution is -0.138. The highest BCUT2D eigenvalue weighted by molar-refractivity contribution is 7.90. The molecule has 2 N–H and O–H groups in total. The molecule has 2 rings (SSSR count). The van der Waals surface area contributed by atoms with Crippen LogP contribution in [-0.2, 0) is 16.0 Å². The molecular formula is C11H10F3N5O4S2. The molecule has 0 saturated carbocycles. The molecule has 0 aliphatic carbocycles.